The van der Waals surface area contributed by atoms with Crippen LogP contribution in [-0.4, -0.2) is 28.6 Å². The molecule has 1 saturated carbocycles. The molecule has 5 aromatic rings. The number of carbonyl (C=O) groups excluding carboxylic acids is 2. The summed E-state index contributed by atoms with van der Waals surface area (Å²) in [5.74, 6) is -0.450. The summed E-state index contributed by atoms with van der Waals surface area (Å²) in [5, 5.41) is 10.8. The first-order valence-electron chi connectivity index (χ1n) is 12.8. The molecule has 0 unspecified atom stereocenters. The molecule has 0 saturated heterocycles. The van der Waals surface area contributed by atoms with Crippen LogP contribution in [0.2, 0.25) is 0 Å². The van der Waals surface area contributed by atoms with Gasteiger partial charge in [0.25, 0.3) is 11.8 Å². The van der Waals surface area contributed by atoms with Crippen LogP contribution in [0.15, 0.2) is 77.5 Å². The van der Waals surface area contributed by atoms with Crippen LogP contribution in [0.25, 0.3) is 33.4 Å². The van der Waals surface area contributed by atoms with Crippen LogP contribution in [-0.2, 0) is 12.6 Å². The van der Waals surface area contributed by atoms with Gasteiger partial charge in [-0.15, -0.1) is 0 Å². The number of benzene rings is 3. The SMILES string of the molecule is CNC(=O)c1c(-c2ccc(F)cc2)oc2ccc(-c3cc(C(=O)NC4(c5cnn(C)c5)CC4)ccc3C)cc12. The van der Waals surface area contributed by atoms with Crippen molar-refractivity contribution in [2.24, 2.45) is 7.05 Å². The number of fused-ring (bicyclic) bond motifs is 1. The summed E-state index contributed by atoms with van der Waals surface area (Å²) in [6.45, 7) is 1.98. The van der Waals surface area contributed by atoms with Crippen molar-refractivity contribution < 1.29 is 18.4 Å². The highest BCUT2D eigenvalue weighted by Crippen LogP contribution is 2.45. The zero-order valence-corrected chi connectivity index (χ0v) is 21.8. The Morgan fingerprint density at radius 2 is 1.74 bits per heavy atom. The number of hydrogen-bond acceptors (Lipinski definition) is 4. The van der Waals surface area contributed by atoms with E-state index < -0.39 is 0 Å². The summed E-state index contributed by atoms with van der Waals surface area (Å²) in [7, 11) is 3.42. The first-order valence-corrected chi connectivity index (χ1v) is 12.8. The standard InChI is InChI=1S/C31H27FN4O3/c1-18-4-5-21(29(37)35-31(12-13-31)22-16-34-36(3)17-22)15-24(18)20-8-11-26-25(14-20)27(30(38)33-2)28(39-26)19-6-9-23(32)10-7-19/h4-11,14-17H,12-13H2,1-3H3,(H,33,38)(H,35,37). The predicted octanol–water partition coefficient (Wildman–Crippen LogP) is 5.73. The molecule has 6 rings (SSSR count). The van der Waals surface area contributed by atoms with Crippen LogP contribution in [0.4, 0.5) is 4.39 Å². The van der Waals surface area contributed by atoms with Crippen LogP contribution in [0.5, 0.6) is 0 Å². The topological polar surface area (TPSA) is 89.2 Å². The van der Waals surface area contributed by atoms with Crippen molar-refractivity contribution in [3.05, 3.63) is 101 Å². The maximum absolute atomic E-state index is 13.5. The molecule has 0 aliphatic heterocycles. The number of halogens is 1. The Kier molecular flexibility index (Phi) is 5.83. The van der Waals surface area contributed by atoms with Crippen LogP contribution in [0.1, 0.15) is 44.7 Å². The van der Waals surface area contributed by atoms with Gasteiger partial charge in [0.15, 0.2) is 0 Å². The van der Waals surface area contributed by atoms with Crippen molar-refractivity contribution in [1.82, 2.24) is 20.4 Å². The maximum atomic E-state index is 13.5. The Morgan fingerprint density at radius 3 is 2.41 bits per heavy atom. The molecule has 0 spiro atoms. The van der Waals surface area contributed by atoms with Crippen molar-refractivity contribution in [1.29, 1.82) is 0 Å². The van der Waals surface area contributed by atoms with Gasteiger partial charge in [-0.2, -0.15) is 5.10 Å². The summed E-state index contributed by atoms with van der Waals surface area (Å²) in [5.41, 5.74) is 5.42. The smallest absolute Gasteiger partial charge is 0.255 e. The van der Waals surface area contributed by atoms with Crippen molar-refractivity contribution in [2.45, 2.75) is 25.3 Å². The number of aromatic nitrogens is 2. The van der Waals surface area contributed by atoms with Crippen LogP contribution in [0.3, 0.4) is 0 Å². The van der Waals surface area contributed by atoms with E-state index in [1.807, 2.05) is 56.6 Å². The monoisotopic (exact) mass is 522 g/mol. The van der Waals surface area contributed by atoms with E-state index in [0.717, 1.165) is 35.1 Å². The van der Waals surface area contributed by atoms with Gasteiger partial charge in [-0.3, -0.25) is 14.3 Å². The van der Waals surface area contributed by atoms with E-state index in [1.54, 1.807) is 30.1 Å². The van der Waals surface area contributed by atoms with E-state index >= 15 is 0 Å². The summed E-state index contributed by atoms with van der Waals surface area (Å²) < 4.78 is 21.4. The second-order valence-corrected chi connectivity index (χ2v) is 10.1. The summed E-state index contributed by atoms with van der Waals surface area (Å²) >= 11 is 0. The third-order valence-electron chi connectivity index (χ3n) is 7.42. The molecule has 3 aromatic carbocycles. The molecular formula is C31H27FN4O3. The number of furan rings is 1. The van der Waals surface area contributed by atoms with Crippen LogP contribution < -0.4 is 10.6 Å². The molecule has 2 heterocycles. The minimum atomic E-state index is -0.370. The highest BCUT2D eigenvalue weighted by atomic mass is 19.1. The fraction of sp³-hybridized carbons (Fsp3) is 0.194. The lowest BCUT2D eigenvalue weighted by molar-refractivity contribution is 0.0929. The van der Waals surface area contributed by atoms with E-state index in [-0.39, 0.29) is 23.2 Å². The molecule has 196 valence electrons. The Hall–Kier alpha value is -4.72. The van der Waals surface area contributed by atoms with E-state index in [1.165, 1.54) is 12.1 Å². The van der Waals surface area contributed by atoms with Crippen molar-refractivity contribution in [3.8, 4) is 22.5 Å². The fourth-order valence-electron chi connectivity index (χ4n) is 5.06. The molecule has 1 aliphatic carbocycles. The van der Waals surface area contributed by atoms with Gasteiger partial charge in [-0.05, 0) is 85.0 Å². The highest BCUT2D eigenvalue weighted by Gasteiger charge is 2.46. The zero-order chi connectivity index (χ0) is 27.3. The third kappa shape index (κ3) is 4.37. The van der Waals surface area contributed by atoms with Gasteiger partial charge in [0.1, 0.15) is 17.2 Å². The maximum Gasteiger partial charge on any atom is 0.255 e. The number of carbonyl (C=O) groups is 2. The number of rotatable bonds is 6. The van der Waals surface area contributed by atoms with Gasteiger partial charge in [-0.1, -0.05) is 12.1 Å². The second-order valence-electron chi connectivity index (χ2n) is 10.1. The minimum Gasteiger partial charge on any atom is -0.455 e. The number of nitrogens with zero attached hydrogens (tertiary/aromatic N) is 2. The zero-order valence-electron chi connectivity index (χ0n) is 21.8. The molecule has 7 nitrogen and oxygen atoms in total. The molecule has 1 aliphatic rings. The number of amides is 2. The van der Waals surface area contributed by atoms with E-state index in [9.17, 15) is 14.0 Å². The quantitative estimate of drug-likeness (QED) is 0.298. The first-order chi connectivity index (χ1) is 18.8. The van der Waals surface area contributed by atoms with Gasteiger partial charge >= 0.3 is 0 Å². The highest BCUT2D eigenvalue weighted by molar-refractivity contribution is 6.12. The van der Waals surface area contributed by atoms with Crippen LogP contribution in [0, 0.1) is 12.7 Å². The van der Waals surface area contributed by atoms with Crippen molar-refractivity contribution in [2.75, 3.05) is 7.05 Å². The molecule has 2 amide bonds. The van der Waals surface area contributed by atoms with E-state index in [4.69, 9.17) is 4.42 Å². The molecular weight excluding hydrogens is 495 g/mol. The minimum absolute atomic E-state index is 0.147. The van der Waals surface area contributed by atoms with E-state index in [2.05, 4.69) is 15.7 Å². The van der Waals surface area contributed by atoms with Crippen molar-refractivity contribution >= 4 is 22.8 Å². The summed E-state index contributed by atoms with van der Waals surface area (Å²) in [6.07, 6.45) is 5.49. The van der Waals surface area contributed by atoms with Gasteiger partial charge in [0.05, 0.1) is 17.3 Å². The van der Waals surface area contributed by atoms with Crippen LogP contribution >= 0.6 is 0 Å². The third-order valence-corrected chi connectivity index (χ3v) is 7.42. The molecule has 8 heteroatoms. The van der Waals surface area contributed by atoms with Crippen molar-refractivity contribution in [3.63, 3.8) is 0 Å². The average molecular weight is 523 g/mol. The largest absolute Gasteiger partial charge is 0.455 e. The first kappa shape index (κ1) is 24.6. The second kappa shape index (κ2) is 9.23. The normalized spacial score (nSPS) is 13.8. The molecule has 0 atom stereocenters. The average Bonchev–Trinajstić information content (AvgIpc) is 3.40. The summed E-state index contributed by atoms with van der Waals surface area (Å²) in [4.78, 5) is 26.3. The molecule has 2 N–H and O–H groups in total. The lowest BCUT2D eigenvalue weighted by Crippen LogP contribution is -2.34. The fourth-order valence-corrected chi connectivity index (χ4v) is 5.06. The molecule has 0 radical (unpaired) electrons. The van der Waals surface area contributed by atoms with Gasteiger partial charge < -0.3 is 15.1 Å². The van der Waals surface area contributed by atoms with E-state index in [0.29, 0.717) is 33.4 Å². The number of nitrogens with one attached hydrogen (secondary N) is 2. The van der Waals surface area contributed by atoms with Gasteiger partial charge in [0.2, 0.25) is 0 Å². The molecule has 39 heavy (non-hydrogen) atoms. The lowest BCUT2D eigenvalue weighted by atomic mass is 9.95. The lowest BCUT2D eigenvalue weighted by Gasteiger charge is -2.17. The molecule has 1 fully saturated rings. The predicted molar refractivity (Wildman–Crippen MR) is 147 cm³/mol. The van der Waals surface area contributed by atoms with Gasteiger partial charge in [0, 0.05) is 42.4 Å². The molecule has 2 aromatic heterocycles. The number of hydrogen-bond donors (Lipinski definition) is 2. The summed E-state index contributed by atoms with van der Waals surface area (Å²) in [6, 6.07) is 17.1. The Labute approximate surface area is 224 Å². The molecule has 0 bridgehead atoms. The Morgan fingerprint density at radius 1 is 1.00 bits per heavy atom. The Balaban J connectivity index is 1.38. The number of aryl methyl sites for hydroxylation is 2. The van der Waals surface area contributed by atoms with Gasteiger partial charge in [-0.25, -0.2) is 4.39 Å². The Bertz CT molecular complexity index is 1750.